The highest BCUT2D eigenvalue weighted by Crippen LogP contribution is 2.22. The second-order valence-corrected chi connectivity index (χ2v) is 7.97. The maximum absolute atomic E-state index is 12.9. The molecule has 1 fully saturated rings. The van der Waals surface area contributed by atoms with Crippen molar-refractivity contribution >= 4 is 23.4 Å². The predicted octanol–water partition coefficient (Wildman–Crippen LogP) is 3.39. The minimum Gasteiger partial charge on any atom is -0.493 e. The Morgan fingerprint density at radius 3 is 2.66 bits per heavy atom. The summed E-state index contributed by atoms with van der Waals surface area (Å²) in [6.45, 7) is 5.64. The third-order valence-electron chi connectivity index (χ3n) is 5.57. The number of hydrogen-bond acceptors (Lipinski definition) is 4. The highest BCUT2D eigenvalue weighted by atomic mass is 16.5. The van der Waals surface area contributed by atoms with Crippen molar-refractivity contribution in [3.05, 3.63) is 59.7 Å². The van der Waals surface area contributed by atoms with E-state index in [0.717, 1.165) is 24.2 Å². The molecule has 3 rings (SSSR count). The van der Waals surface area contributed by atoms with Gasteiger partial charge in [-0.15, -0.1) is 0 Å². The molecule has 0 saturated carbocycles. The van der Waals surface area contributed by atoms with Gasteiger partial charge in [0, 0.05) is 30.9 Å². The number of amides is 3. The van der Waals surface area contributed by atoms with Crippen LogP contribution in [0.3, 0.4) is 0 Å². The molecule has 0 aromatic heterocycles. The first-order valence-electron chi connectivity index (χ1n) is 11.1. The van der Waals surface area contributed by atoms with Crippen LogP contribution in [0.2, 0.25) is 0 Å². The molecule has 32 heavy (non-hydrogen) atoms. The van der Waals surface area contributed by atoms with Gasteiger partial charge in [0.05, 0.1) is 18.9 Å². The van der Waals surface area contributed by atoms with E-state index in [1.165, 1.54) is 0 Å². The van der Waals surface area contributed by atoms with Crippen LogP contribution in [0.4, 0.5) is 5.69 Å². The van der Waals surface area contributed by atoms with E-state index >= 15 is 0 Å². The Morgan fingerprint density at radius 2 is 1.91 bits per heavy atom. The van der Waals surface area contributed by atoms with Gasteiger partial charge >= 0.3 is 0 Å². The SMILES string of the molecule is CCNC(=O)c1ccc(C)c(NC(=O)C2CCCN(C(=O)CCOc3ccccc3)C2)c1. The van der Waals surface area contributed by atoms with Crippen molar-refractivity contribution in [3.8, 4) is 5.75 Å². The predicted molar refractivity (Wildman–Crippen MR) is 124 cm³/mol. The number of carbonyl (C=O) groups is 3. The molecule has 3 amide bonds. The molecular formula is C25H31N3O4. The van der Waals surface area contributed by atoms with Crippen molar-refractivity contribution < 1.29 is 19.1 Å². The molecule has 7 heteroatoms. The van der Waals surface area contributed by atoms with Crippen LogP contribution in [0.1, 0.15) is 42.1 Å². The van der Waals surface area contributed by atoms with Gasteiger partial charge < -0.3 is 20.3 Å². The quantitative estimate of drug-likeness (QED) is 0.663. The van der Waals surface area contributed by atoms with E-state index in [4.69, 9.17) is 4.74 Å². The fourth-order valence-corrected chi connectivity index (χ4v) is 3.74. The Hall–Kier alpha value is -3.35. The Labute approximate surface area is 189 Å². The van der Waals surface area contributed by atoms with E-state index in [1.54, 1.807) is 17.0 Å². The summed E-state index contributed by atoms with van der Waals surface area (Å²) in [6, 6.07) is 14.7. The third kappa shape index (κ3) is 6.33. The topological polar surface area (TPSA) is 87.7 Å². The molecular weight excluding hydrogens is 406 g/mol. The van der Waals surface area contributed by atoms with Gasteiger partial charge in [-0.1, -0.05) is 24.3 Å². The molecule has 1 aliphatic rings. The van der Waals surface area contributed by atoms with Gasteiger partial charge in [-0.3, -0.25) is 14.4 Å². The molecule has 170 valence electrons. The molecule has 0 spiro atoms. The number of nitrogens with one attached hydrogen (secondary N) is 2. The Balaban J connectivity index is 1.54. The molecule has 0 aliphatic carbocycles. The molecule has 0 bridgehead atoms. The number of likely N-dealkylation sites (tertiary alicyclic amines) is 1. The van der Waals surface area contributed by atoms with Gasteiger partial charge in [-0.2, -0.15) is 0 Å². The van der Waals surface area contributed by atoms with E-state index in [9.17, 15) is 14.4 Å². The first-order valence-corrected chi connectivity index (χ1v) is 11.1. The van der Waals surface area contributed by atoms with Crippen LogP contribution >= 0.6 is 0 Å². The maximum Gasteiger partial charge on any atom is 0.251 e. The molecule has 0 radical (unpaired) electrons. The van der Waals surface area contributed by atoms with Crippen LogP contribution in [0.5, 0.6) is 5.75 Å². The number of para-hydroxylation sites is 1. The Morgan fingerprint density at radius 1 is 1.12 bits per heavy atom. The van der Waals surface area contributed by atoms with Crippen LogP contribution in [0.15, 0.2) is 48.5 Å². The standard InChI is InChI=1S/C25H31N3O4/c1-3-26-24(30)19-12-11-18(2)22(16-19)27-25(31)20-8-7-14-28(17-20)23(29)13-15-32-21-9-5-4-6-10-21/h4-6,9-12,16,20H,3,7-8,13-15,17H2,1-2H3,(H,26,30)(H,27,31). The van der Waals surface area contributed by atoms with E-state index in [1.807, 2.05) is 50.2 Å². The Kier molecular flexibility index (Phi) is 8.25. The number of aryl methyl sites for hydroxylation is 1. The maximum atomic E-state index is 12.9. The number of benzene rings is 2. The number of rotatable bonds is 8. The van der Waals surface area contributed by atoms with Gasteiger partial charge in [-0.05, 0) is 56.5 Å². The van der Waals surface area contributed by atoms with Crippen molar-refractivity contribution in [2.75, 3.05) is 31.6 Å². The molecule has 1 saturated heterocycles. The van der Waals surface area contributed by atoms with Gasteiger partial charge in [0.2, 0.25) is 11.8 Å². The minimum absolute atomic E-state index is 0.00662. The van der Waals surface area contributed by atoms with Crippen LogP contribution in [0, 0.1) is 12.8 Å². The first-order chi connectivity index (χ1) is 15.5. The van der Waals surface area contributed by atoms with E-state index in [2.05, 4.69) is 10.6 Å². The summed E-state index contributed by atoms with van der Waals surface area (Å²) in [5.41, 5.74) is 2.01. The lowest BCUT2D eigenvalue weighted by molar-refractivity contribution is -0.135. The number of ether oxygens (including phenoxy) is 1. The lowest BCUT2D eigenvalue weighted by Crippen LogP contribution is -2.44. The minimum atomic E-state index is -0.282. The van der Waals surface area contributed by atoms with Gasteiger partial charge in [-0.25, -0.2) is 0 Å². The largest absolute Gasteiger partial charge is 0.493 e. The highest BCUT2D eigenvalue weighted by Gasteiger charge is 2.28. The zero-order valence-electron chi connectivity index (χ0n) is 18.7. The van der Waals surface area contributed by atoms with E-state index in [0.29, 0.717) is 37.5 Å². The highest BCUT2D eigenvalue weighted by molar-refractivity contribution is 5.98. The zero-order valence-corrected chi connectivity index (χ0v) is 18.7. The molecule has 1 heterocycles. The van der Waals surface area contributed by atoms with Crippen molar-refractivity contribution in [2.24, 2.45) is 5.92 Å². The van der Waals surface area contributed by atoms with Crippen LogP contribution in [-0.2, 0) is 9.59 Å². The van der Waals surface area contributed by atoms with Crippen LogP contribution < -0.4 is 15.4 Å². The zero-order chi connectivity index (χ0) is 22.9. The summed E-state index contributed by atoms with van der Waals surface area (Å²) in [6.07, 6.45) is 1.78. The average molecular weight is 438 g/mol. The number of nitrogens with zero attached hydrogens (tertiary/aromatic N) is 1. The summed E-state index contributed by atoms with van der Waals surface area (Å²) in [4.78, 5) is 39.4. The molecule has 1 aliphatic heterocycles. The fourth-order valence-electron chi connectivity index (χ4n) is 3.74. The van der Waals surface area contributed by atoms with Gasteiger partial charge in [0.25, 0.3) is 5.91 Å². The van der Waals surface area contributed by atoms with Crippen molar-refractivity contribution in [1.29, 1.82) is 0 Å². The van der Waals surface area contributed by atoms with Crippen molar-refractivity contribution in [3.63, 3.8) is 0 Å². The monoisotopic (exact) mass is 437 g/mol. The second kappa shape index (κ2) is 11.3. The Bertz CT molecular complexity index is 945. The lowest BCUT2D eigenvalue weighted by Gasteiger charge is -2.32. The smallest absolute Gasteiger partial charge is 0.251 e. The lowest BCUT2D eigenvalue weighted by atomic mass is 9.96. The molecule has 1 unspecified atom stereocenters. The number of hydrogen-bond donors (Lipinski definition) is 2. The molecule has 2 N–H and O–H groups in total. The fraction of sp³-hybridized carbons (Fsp3) is 0.400. The molecule has 7 nitrogen and oxygen atoms in total. The average Bonchev–Trinajstić information content (AvgIpc) is 2.81. The van der Waals surface area contributed by atoms with E-state index in [-0.39, 0.29) is 30.1 Å². The summed E-state index contributed by atoms with van der Waals surface area (Å²) >= 11 is 0. The van der Waals surface area contributed by atoms with Crippen molar-refractivity contribution in [1.82, 2.24) is 10.2 Å². The summed E-state index contributed by atoms with van der Waals surface area (Å²) in [7, 11) is 0. The van der Waals surface area contributed by atoms with Gasteiger partial charge in [0.15, 0.2) is 0 Å². The van der Waals surface area contributed by atoms with Crippen LogP contribution in [0.25, 0.3) is 0 Å². The van der Waals surface area contributed by atoms with Crippen LogP contribution in [-0.4, -0.2) is 48.9 Å². The molecule has 1 atom stereocenters. The second-order valence-electron chi connectivity index (χ2n) is 7.97. The molecule has 2 aromatic carbocycles. The normalized spacial score (nSPS) is 15.7. The first kappa shape index (κ1) is 23.3. The van der Waals surface area contributed by atoms with E-state index < -0.39 is 0 Å². The number of piperidine rings is 1. The number of anilines is 1. The summed E-state index contributed by atoms with van der Waals surface area (Å²) in [5, 5.41) is 5.72. The number of carbonyl (C=O) groups excluding carboxylic acids is 3. The van der Waals surface area contributed by atoms with Crippen molar-refractivity contribution in [2.45, 2.75) is 33.1 Å². The molecule has 2 aromatic rings. The summed E-state index contributed by atoms with van der Waals surface area (Å²) in [5.74, 6) is 0.152. The third-order valence-corrected chi connectivity index (χ3v) is 5.57. The summed E-state index contributed by atoms with van der Waals surface area (Å²) < 4.78 is 5.62. The van der Waals surface area contributed by atoms with Gasteiger partial charge in [0.1, 0.15) is 5.75 Å².